The van der Waals surface area contributed by atoms with E-state index in [1.807, 2.05) is 18.3 Å². The molecule has 0 unspecified atom stereocenters. The largest absolute Gasteiger partial charge is 0.237 e. The Bertz CT molecular complexity index is 672. The summed E-state index contributed by atoms with van der Waals surface area (Å²) < 4.78 is 0. The van der Waals surface area contributed by atoms with E-state index in [0.717, 1.165) is 23.0 Å². The number of pyridine rings is 2. The summed E-state index contributed by atoms with van der Waals surface area (Å²) >= 11 is 0. The van der Waals surface area contributed by atoms with Crippen LogP contribution in [-0.4, -0.2) is 9.97 Å². The Hall–Kier alpha value is -2.22. The van der Waals surface area contributed by atoms with Gasteiger partial charge in [0, 0.05) is 23.3 Å². The lowest BCUT2D eigenvalue weighted by Crippen LogP contribution is -1.86. The third-order valence-corrected chi connectivity index (χ3v) is 3.15. The van der Waals surface area contributed by atoms with Crippen LogP contribution in [0.3, 0.4) is 0 Å². The van der Waals surface area contributed by atoms with Gasteiger partial charge in [-0.2, -0.15) is 0 Å². The molecular weight excluding hydrogens is 220 g/mol. The molecule has 18 heavy (non-hydrogen) atoms. The molecule has 0 bridgehead atoms. The molecule has 0 N–H and O–H groups in total. The van der Waals surface area contributed by atoms with E-state index in [4.69, 9.17) is 0 Å². The standard InChI is InChI=1S/C16H14N2/c1-2-12-5-7-13(8-6-12)15-10-14-4-3-9-17-16(14)18-11-15/h3-11H,2H2,1H3. The Morgan fingerprint density at radius 1 is 0.944 bits per heavy atom. The van der Waals surface area contributed by atoms with Crippen LogP contribution in [0.4, 0.5) is 0 Å². The number of hydrogen-bond donors (Lipinski definition) is 0. The molecule has 0 saturated carbocycles. The molecule has 0 saturated heterocycles. The highest BCUT2D eigenvalue weighted by atomic mass is 14.8. The first kappa shape index (κ1) is 10.9. The maximum absolute atomic E-state index is 4.39. The predicted molar refractivity (Wildman–Crippen MR) is 74.4 cm³/mol. The van der Waals surface area contributed by atoms with Crippen molar-refractivity contribution in [2.45, 2.75) is 13.3 Å². The van der Waals surface area contributed by atoms with E-state index in [1.165, 1.54) is 11.1 Å². The normalized spacial score (nSPS) is 10.7. The molecule has 0 amide bonds. The van der Waals surface area contributed by atoms with Crippen molar-refractivity contribution in [3.63, 3.8) is 0 Å². The molecule has 0 fully saturated rings. The number of benzene rings is 1. The Labute approximate surface area is 106 Å². The van der Waals surface area contributed by atoms with E-state index in [9.17, 15) is 0 Å². The van der Waals surface area contributed by atoms with Gasteiger partial charge in [-0.25, -0.2) is 9.97 Å². The first-order valence-electron chi connectivity index (χ1n) is 6.17. The summed E-state index contributed by atoms with van der Waals surface area (Å²) in [6.07, 6.45) is 4.72. The maximum Gasteiger partial charge on any atom is 0.159 e. The average molecular weight is 234 g/mol. The molecule has 2 nitrogen and oxygen atoms in total. The molecule has 3 rings (SSSR count). The number of rotatable bonds is 2. The van der Waals surface area contributed by atoms with Crippen LogP contribution in [0.5, 0.6) is 0 Å². The minimum atomic E-state index is 0.798. The summed E-state index contributed by atoms with van der Waals surface area (Å²) in [5, 5.41) is 1.08. The number of fused-ring (bicyclic) bond motifs is 1. The zero-order chi connectivity index (χ0) is 12.4. The molecule has 2 aromatic heterocycles. The molecule has 2 heterocycles. The molecule has 0 spiro atoms. The average Bonchev–Trinajstić information content (AvgIpc) is 2.47. The van der Waals surface area contributed by atoms with Gasteiger partial charge in [-0.05, 0) is 35.7 Å². The molecule has 0 atom stereocenters. The summed E-state index contributed by atoms with van der Waals surface area (Å²) in [6, 6.07) is 14.8. The van der Waals surface area contributed by atoms with Gasteiger partial charge in [-0.3, -0.25) is 0 Å². The highest BCUT2D eigenvalue weighted by molar-refractivity contribution is 5.80. The molecule has 0 aliphatic carbocycles. The second kappa shape index (κ2) is 4.57. The van der Waals surface area contributed by atoms with E-state index in [1.54, 1.807) is 6.20 Å². The smallest absolute Gasteiger partial charge is 0.159 e. The van der Waals surface area contributed by atoms with Crippen LogP contribution in [0.15, 0.2) is 54.9 Å². The first-order chi connectivity index (χ1) is 8.86. The van der Waals surface area contributed by atoms with E-state index in [-0.39, 0.29) is 0 Å². The Kier molecular flexibility index (Phi) is 2.77. The second-order valence-electron chi connectivity index (χ2n) is 4.32. The number of aryl methyl sites for hydroxylation is 1. The van der Waals surface area contributed by atoms with E-state index in [0.29, 0.717) is 0 Å². The zero-order valence-electron chi connectivity index (χ0n) is 10.3. The molecule has 0 radical (unpaired) electrons. The van der Waals surface area contributed by atoms with Crippen LogP contribution < -0.4 is 0 Å². The SMILES string of the molecule is CCc1ccc(-c2cnc3ncccc3c2)cc1. The van der Waals surface area contributed by atoms with Crippen LogP contribution >= 0.6 is 0 Å². The fourth-order valence-electron chi connectivity index (χ4n) is 2.06. The first-order valence-corrected chi connectivity index (χ1v) is 6.17. The van der Waals surface area contributed by atoms with Gasteiger partial charge >= 0.3 is 0 Å². The molecule has 0 aliphatic rings. The van der Waals surface area contributed by atoms with Gasteiger partial charge in [0.15, 0.2) is 5.65 Å². The molecule has 3 aromatic rings. The van der Waals surface area contributed by atoms with Crippen molar-refractivity contribution in [3.05, 3.63) is 60.4 Å². The zero-order valence-corrected chi connectivity index (χ0v) is 10.3. The van der Waals surface area contributed by atoms with Crippen molar-refractivity contribution in [3.8, 4) is 11.1 Å². The Morgan fingerprint density at radius 2 is 1.78 bits per heavy atom. The lowest BCUT2D eigenvalue weighted by molar-refractivity contribution is 1.14. The van der Waals surface area contributed by atoms with Crippen molar-refractivity contribution in [1.29, 1.82) is 0 Å². The summed E-state index contributed by atoms with van der Waals surface area (Å²) in [5.41, 5.74) is 4.49. The fraction of sp³-hybridized carbons (Fsp3) is 0.125. The molecule has 0 aliphatic heterocycles. The number of aromatic nitrogens is 2. The molecule has 2 heteroatoms. The minimum Gasteiger partial charge on any atom is -0.237 e. The van der Waals surface area contributed by atoms with E-state index in [2.05, 4.69) is 47.2 Å². The van der Waals surface area contributed by atoms with Gasteiger partial charge < -0.3 is 0 Å². The monoisotopic (exact) mass is 234 g/mol. The van der Waals surface area contributed by atoms with Gasteiger partial charge in [-0.1, -0.05) is 31.2 Å². The number of hydrogen-bond acceptors (Lipinski definition) is 2. The molecule has 1 aromatic carbocycles. The van der Waals surface area contributed by atoms with Crippen LogP contribution in [-0.2, 0) is 6.42 Å². The summed E-state index contributed by atoms with van der Waals surface area (Å²) in [4.78, 5) is 8.62. The van der Waals surface area contributed by atoms with Gasteiger partial charge in [0.1, 0.15) is 0 Å². The van der Waals surface area contributed by atoms with Gasteiger partial charge in [0.25, 0.3) is 0 Å². The van der Waals surface area contributed by atoms with E-state index >= 15 is 0 Å². The quantitative estimate of drug-likeness (QED) is 0.673. The van der Waals surface area contributed by atoms with Crippen molar-refractivity contribution < 1.29 is 0 Å². The summed E-state index contributed by atoms with van der Waals surface area (Å²) in [6.45, 7) is 2.16. The van der Waals surface area contributed by atoms with Crippen molar-refractivity contribution in [1.82, 2.24) is 9.97 Å². The Balaban J connectivity index is 2.07. The fourth-order valence-corrected chi connectivity index (χ4v) is 2.06. The third kappa shape index (κ3) is 1.97. The van der Waals surface area contributed by atoms with Crippen molar-refractivity contribution in [2.75, 3.05) is 0 Å². The minimum absolute atomic E-state index is 0.798. The molecule has 88 valence electrons. The lowest BCUT2D eigenvalue weighted by Gasteiger charge is -2.04. The van der Waals surface area contributed by atoms with Crippen molar-refractivity contribution >= 4 is 11.0 Å². The third-order valence-electron chi connectivity index (χ3n) is 3.15. The second-order valence-corrected chi connectivity index (χ2v) is 4.32. The highest BCUT2D eigenvalue weighted by Gasteiger charge is 2.01. The lowest BCUT2D eigenvalue weighted by atomic mass is 10.0. The van der Waals surface area contributed by atoms with Gasteiger partial charge in [-0.15, -0.1) is 0 Å². The molecular formula is C16H14N2. The van der Waals surface area contributed by atoms with Gasteiger partial charge in [0.05, 0.1) is 0 Å². The number of nitrogens with zero attached hydrogens (tertiary/aromatic N) is 2. The Morgan fingerprint density at radius 3 is 2.56 bits per heavy atom. The topological polar surface area (TPSA) is 25.8 Å². The van der Waals surface area contributed by atoms with Crippen molar-refractivity contribution in [2.24, 2.45) is 0 Å². The van der Waals surface area contributed by atoms with Crippen LogP contribution in [0, 0.1) is 0 Å². The van der Waals surface area contributed by atoms with Crippen LogP contribution in [0.1, 0.15) is 12.5 Å². The van der Waals surface area contributed by atoms with Crippen LogP contribution in [0.25, 0.3) is 22.2 Å². The highest BCUT2D eigenvalue weighted by Crippen LogP contribution is 2.22. The summed E-state index contributed by atoms with van der Waals surface area (Å²) in [5.74, 6) is 0. The summed E-state index contributed by atoms with van der Waals surface area (Å²) in [7, 11) is 0. The van der Waals surface area contributed by atoms with Gasteiger partial charge in [0.2, 0.25) is 0 Å². The predicted octanol–water partition coefficient (Wildman–Crippen LogP) is 3.86. The van der Waals surface area contributed by atoms with E-state index < -0.39 is 0 Å². The maximum atomic E-state index is 4.39. The van der Waals surface area contributed by atoms with Crippen LogP contribution in [0.2, 0.25) is 0 Å².